The number of aliphatic carboxylic acids is 1. The van der Waals surface area contributed by atoms with Crippen LogP contribution in [-0.4, -0.2) is 157 Å². The van der Waals surface area contributed by atoms with Crippen LogP contribution in [-0.2, 0) is 52.6 Å². The van der Waals surface area contributed by atoms with Crippen LogP contribution in [0.25, 0.3) is 0 Å². The molecule has 0 aromatic heterocycles. The highest BCUT2D eigenvalue weighted by atomic mass is 32.2. The molecule has 0 aromatic carbocycles. The van der Waals surface area contributed by atoms with Gasteiger partial charge >= 0.3 is 17.9 Å². The third-order valence-electron chi connectivity index (χ3n) is 14.1. The molecule has 6 amide bonds. The quantitative estimate of drug-likeness (QED) is 0.0294. The van der Waals surface area contributed by atoms with Crippen molar-refractivity contribution in [3.05, 3.63) is 0 Å². The van der Waals surface area contributed by atoms with E-state index in [1.165, 1.54) is 11.8 Å². The maximum Gasteiger partial charge on any atom is 0.326 e. The summed E-state index contributed by atoms with van der Waals surface area (Å²) >= 11 is 1.17. The molecule has 16 N–H and O–H groups in total. The van der Waals surface area contributed by atoms with E-state index in [0.717, 1.165) is 89.9 Å². The minimum atomic E-state index is -1.62. The number of hydrogen-bond acceptors (Lipinski definition) is 17. The number of ether oxygens (including phenoxy) is 2. The first kappa shape index (κ1) is 78.4. The van der Waals surface area contributed by atoms with Crippen LogP contribution in [0.3, 0.4) is 0 Å². The molecule has 0 spiro atoms. The molecule has 482 valence electrons. The van der Waals surface area contributed by atoms with Gasteiger partial charge in [0.15, 0.2) is 0 Å². The van der Waals surface area contributed by atoms with Crippen molar-refractivity contribution in [3.63, 3.8) is 0 Å². The minimum Gasteiger partial charge on any atom is -0.480 e. The zero-order chi connectivity index (χ0) is 61.9. The van der Waals surface area contributed by atoms with Crippen LogP contribution in [0.2, 0.25) is 0 Å². The minimum absolute atomic E-state index is 0.0374. The number of amides is 6. The summed E-state index contributed by atoms with van der Waals surface area (Å²) in [6.45, 7) is 6.45. The summed E-state index contributed by atoms with van der Waals surface area (Å²) in [5.41, 5.74) is 22.9. The second-order valence-corrected chi connectivity index (χ2v) is 22.7. The van der Waals surface area contributed by atoms with Gasteiger partial charge in [0, 0.05) is 30.8 Å². The number of hydrogen-bond donors (Lipinski definition) is 12. The van der Waals surface area contributed by atoms with Gasteiger partial charge in [-0.1, -0.05) is 111 Å². The van der Waals surface area contributed by atoms with Crippen LogP contribution in [0.15, 0.2) is 0 Å². The maximum absolute atomic E-state index is 14.2. The second kappa shape index (κ2) is 52.9. The summed E-state index contributed by atoms with van der Waals surface area (Å²) in [4.78, 5) is 122. The average Bonchev–Trinajstić information content (AvgIpc) is 3.50. The molecule has 23 nitrogen and oxygen atoms in total. The number of carboxylic acid groups (broad SMARTS) is 1. The summed E-state index contributed by atoms with van der Waals surface area (Å²) in [6, 6.07) is -7.83. The highest BCUT2D eigenvalue weighted by molar-refractivity contribution is 7.99. The molecule has 83 heavy (non-hydrogen) atoms. The molecule has 0 radical (unpaired) electrons. The van der Waals surface area contributed by atoms with Crippen LogP contribution in [0.4, 0.5) is 0 Å². The SMILES string of the molecule is CCCCCCCCCC(=O)N[C@H](CSCC(COC(=O)CCCCCCC)OC(=O)CCCCCCC)C(=O)N[C@@H](CO)C(=O)N[C@@H](CCCCN)C(=O)N[C@@H](CCCCN)C(=O)N[C@@H](CCCCN)C(=O)N[C@@H](CCCCN)C(=O)O. The number of carbonyl (C=O) groups is 9. The lowest BCUT2D eigenvalue weighted by molar-refractivity contribution is -0.157. The van der Waals surface area contributed by atoms with Crippen LogP contribution in [0.1, 0.15) is 226 Å². The third-order valence-corrected chi connectivity index (χ3v) is 15.2. The molecule has 24 heteroatoms. The molecule has 0 aromatic rings. The Balaban J connectivity index is 6.62. The van der Waals surface area contributed by atoms with E-state index >= 15 is 0 Å². The van der Waals surface area contributed by atoms with Crippen molar-refractivity contribution in [2.75, 3.05) is 50.9 Å². The summed E-state index contributed by atoms with van der Waals surface area (Å²) in [5, 5.41) is 36.4. The molecule has 0 fully saturated rings. The highest BCUT2D eigenvalue weighted by Gasteiger charge is 2.33. The van der Waals surface area contributed by atoms with Crippen LogP contribution >= 0.6 is 11.8 Å². The van der Waals surface area contributed by atoms with Crippen molar-refractivity contribution < 1.29 is 62.8 Å². The predicted molar refractivity (Wildman–Crippen MR) is 325 cm³/mol. The molecule has 0 saturated heterocycles. The molecule has 1 unspecified atom stereocenters. The molecular weight excluding hydrogens is 1090 g/mol. The van der Waals surface area contributed by atoms with Crippen LogP contribution < -0.4 is 54.8 Å². The highest BCUT2D eigenvalue weighted by Crippen LogP contribution is 2.16. The first-order valence-electron chi connectivity index (χ1n) is 31.4. The van der Waals surface area contributed by atoms with Gasteiger partial charge in [0.2, 0.25) is 35.4 Å². The van der Waals surface area contributed by atoms with Crippen molar-refractivity contribution in [2.45, 2.75) is 269 Å². The standard InChI is InChI=1S/C59H112N10O13S/c1-4-7-10-13-14-17-18-33-51(71)64-50(43-83-42-44(82-53(73)35-20-16-12-9-6-3)41-81-52(72)34-19-15-11-8-5-2)58(78)69-49(40-70)57(77)67-46(30-22-26-37-61)55(75)65-45(29-21-25-36-60)54(74)66-47(31-23-27-38-62)56(76)68-48(59(79)80)32-24-28-39-63/h44-50,70H,4-43,60-63H2,1-3H3,(H,64,71)(H,65,75)(H,66,74)(H,67,77)(H,68,76)(H,69,78)(H,79,80)/t44?,45-,46-,47-,48-,49-,50+/m0/s1. The van der Waals surface area contributed by atoms with Crippen molar-refractivity contribution in [2.24, 2.45) is 22.9 Å². The van der Waals surface area contributed by atoms with Gasteiger partial charge in [-0.05, 0) is 122 Å². The lowest BCUT2D eigenvalue weighted by Crippen LogP contribution is -2.60. The molecule has 0 saturated carbocycles. The number of unbranched alkanes of at least 4 members (excludes halogenated alkanes) is 18. The molecule has 0 aliphatic heterocycles. The third kappa shape index (κ3) is 41.1. The zero-order valence-corrected chi connectivity index (χ0v) is 51.7. The van der Waals surface area contributed by atoms with Crippen molar-refractivity contribution in [1.29, 1.82) is 0 Å². The van der Waals surface area contributed by atoms with Gasteiger partial charge in [-0.25, -0.2) is 4.79 Å². The molecule has 0 aliphatic rings. The molecular formula is C59H112N10O13S. The topological polar surface area (TPSA) is 389 Å². The largest absolute Gasteiger partial charge is 0.480 e. The van der Waals surface area contributed by atoms with Crippen molar-refractivity contribution in [1.82, 2.24) is 31.9 Å². The van der Waals surface area contributed by atoms with Gasteiger partial charge in [-0.3, -0.25) is 38.4 Å². The molecule has 0 aliphatic carbocycles. The van der Waals surface area contributed by atoms with Crippen LogP contribution in [0.5, 0.6) is 0 Å². The van der Waals surface area contributed by atoms with E-state index in [0.29, 0.717) is 83.7 Å². The number of esters is 2. The van der Waals surface area contributed by atoms with Gasteiger partial charge in [-0.15, -0.1) is 0 Å². The lowest BCUT2D eigenvalue weighted by atomic mass is 10.0. The zero-order valence-electron chi connectivity index (χ0n) is 50.9. The number of aliphatic hydroxyl groups excluding tert-OH is 1. The van der Waals surface area contributed by atoms with Crippen LogP contribution in [0, 0.1) is 0 Å². The Bertz CT molecular complexity index is 1790. The predicted octanol–water partition coefficient (Wildman–Crippen LogP) is 4.54. The normalized spacial score (nSPS) is 13.7. The Hall–Kier alpha value is -4.62. The van der Waals surface area contributed by atoms with E-state index in [4.69, 9.17) is 32.4 Å². The Morgan fingerprint density at radius 1 is 0.398 bits per heavy atom. The number of aliphatic hydroxyl groups is 1. The first-order valence-corrected chi connectivity index (χ1v) is 32.6. The fourth-order valence-corrected chi connectivity index (χ4v) is 10.00. The van der Waals surface area contributed by atoms with Crippen molar-refractivity contribution in [3.8, 4) is 0 Å². The van der Waals surface area contributed by atoms with E-state index in [2.05, 4.69) is 52.7 Å². The Morgan fingerprint density at radius 2 is 0.747 bits per heavy atom. The van der Waals surface area contributed by atoms with E-state index in [-0.39, 0.29) is 76.1 Å². The first-order chi connectivity index (χ1) is 40.0. The van der Waals surface area contributed by atoms with E-state index in [1.807, 2.05) is 0 Å². The summed E-state index contributed by atoms with van der Waals surface area (Å²) < 4.78 is 11.4. The maximum atomic E-state index is 14.2. The fourth-order valence-electron chi connectivity index (χ4n) is 8.96. The Kier molecular flexibility index (Phi) is 50.0. The number of thioether (sulfide) groups is 1. The number of rotatable bonds is 56. The monoisotopic (exact) mass is 1200 g/mol. The fraction of sp³-hybridized carbons (Fsp3) is 0.847. The average molecular weight is 1200 g/mol. The van der Waals surface area contributed by atoms with Gasteiger partial charge in [-0.2, -0.15) is 11.8 Å². The molecule has 0 rings (SSSR count). The van der Waals surface area contributed by atoms with E-state index < -0.39 is 102 Å². The summed E-state index contributed by atoms with van der Waals surface area (Å²) in [5.74, 6) is -6.47. The number of carbonyl (C=O) groups excluding carboxylic acids is 8. The Morgan fingerprint density at radius 3 is 1.16 bits per heavy atom. The smallest absolute Gasteiger partial charge is 0.326 e. The summed E-state index contributed by atoms with van der Waals surface area (Å²) in [6.07, 6.45) is 19.7. The summed E-state index contributed by atoms with van der Waals surface area (Å²) in [7, 11) is 0. The lowest BCUT2D eigenvalue weighted by Gasteiger charge is -2.27. The van der Waals surface area contributed by atoms with Gasteiger partial charge in [0.1, 0.15) is 49.0 Å². The van der Waals surface area contributed by atoms with E-state index in [1.54, 1.807) is 0 Å². The van der Waals surface area contributed by atoms with Gasteiger partial charge in [0.05, 0.1) is 6.61 Å². The number of nitrogens with two attached hydrogens (primary N) is 4. The number of carboxylic acids is 1. The molecule has 0 bridgehead atoms. The van der Waals surface area contributed by atoms with Gasteiger partial charge < -0.3 is 74.5 Å². The number of nitrogens with one attached hydrogen (secondary N) is 6. The van der Waals surface area contributed by atoms with Crippen molar-refractivity contribution >= 4 is 65.1 Å². The molecule has 0 heterocycles. The van der Waals surface area contributed by atoms with Gasteiger partial charge in [0.25, 0.3) is 0 Å². The van der Waals surface area contributed by atoms with E-state index in [9.17, 15) is 53.4 Å². The second-order valence-electron chi connectivity index (χ2n) is 21.6. The molecule has 7 atom stereocenters. The Labute approximate surface area is 500 Å².